The SMILES string of the molecule is O=C(CSc1cc(F)ccc1F)OCc1cc(=O)oc2ccc3ccccc3c12. The molecular formula is C22H14F2O4S. The fourth-order valence-electron chi connectivity index (χ4n) is 3.06. The van der Waals surface area contributed by atoms with Gasteiger partial charge in [-0.15, -0.1) is 11.8 Å². The molecule has 0 fully saturated rings. The number of hydrogen-bond acceptors (Lipinski definition) is 5. The number of halogens is 2. The standard InChI is InChI=1S/C22H14F2O4S/c23-15-6-7-17(24)19(10-15)29-12-21(26)27-11-14-9-20(25)28-18-8-5-13-3-1-2-4-16(13)22(14)18/h1-10H,11-12H2. The Bertz CT molecular complexity index is 1280. The lowest BCUT2D eigenvalue weighted by Crippen LogP contribution is -2.09. The summed E-state index contributed by atoms with van der Waals surface area (Å²) in [6, 6.07) is 15.5. The van der Waals surface area contributed by atoms with Crippen LogP contribution in [0.25, 0.3) is 21.7 Å². The highest BCUT2D eigenvalue weighted by atomic mass is 32.2. The summed E-state index contributed by atoms with van der Waals surface area (Å²) in [5, 5.41) is 2.52. The van der Waals surface area contributed by atoms with Gasteiger partial charge >= 0.3 is 11.6 Å². The summed E-state index contributed by atoms with van der Waals surface area (Å²) in [4.78, 5) is 24.0. The highest BCUT2D eigenvalue weighted by molar-refractivity contribution is 8.00. The van der Waals surface area contributed by atoms with E-state index in [0.29, 0.717) is 16.5 Å². The van der Waals surface area contributed by atoms with Gasteiger partial charge in [0.05, 0.1) is 5.75 Å². The summed E-state index contributed by atoms with van der Waals surface area (Å²) in [7, 11) is 0. The Kier molecular flexibility index (Phi) is 5.31. The van der Waals surface area contributed by atoms with Crippen molar-refractivity contribution in [2.75, 3.05) is 5.75 Å². The molecule has 4 rings (SSSR count). The number of hydrogen-bond donors (Lipinski definition) is 0. The van der Waals surface area contributed by atoms with Gasteiger partial charge in [-0.05, 0) is 35.0 Å². The Balaban J connectivity index is 1.55. The van der Waals surface area contributed by atoms with Crippen molar-refractivity contribution < 1.29 is 22.7 Å². The van der Waals surface area contributed by atoms with E-state index < -0.39 is 23.2 Å². The molecule has 0 N–H and O–H groups in total. The van der Waals surface area contributed by atoms with Gasteiger partial charge in [-0.1, -0.05) is 30.3 Å². The second-order valence-corrected chi connectivity index (χ2v) is 7.29. The van der Waals surface area contributed by atoms with E-state index in [4.69, 9.17) is 9.15 Å². The third-order valence-corrected chi connectivity index (χ3v) is 5.35. The summed E-state index contributed by atoms with van der Waals surface area (Å²) in [6.07, 6.45) is 0. The number of fused-ring (bicyclic) bond motifs is 3. The zero-order chi connectivity index (χ0) is 20.4. The first-order chi connectivity index (χ1) is 14.0. The summed E-state index contributed by atoms with van der Waals surface area (Å²) >= 11 is 0.844. The monoisotopic (exact) mass is 412 g/mol. The molecule has 146 valence electrons. The number of rotatable bonds is 5. The summed E-state index contributed by atoms with van der Waals surface area (Å²) in [5.41, 5.74) is 0.372. The number of ether oxygens (including phenoxy) is 1. The maximum atomic E-state index is 13.7. The first kappa shape index (κ1) is 19.1. The summed E-state index contributed by atoms with van der Waals surface area (Å²) in [6.45, 7) is -0.138. The number of thioether (sulfide) groups is 1. The second kappa shape index (κ2) is 8.05. The van der Waals surface area contributed by atoms with Gasteiger partial charge in [0.2, 0.25) is 0 Å². The van der Waals surface area contributed by atoms with Crippen LogP contribution in [0.1, 0.15) is 5.56 Å². The molecule has 0 spiro atoms. The van der Waals surface area contributed by atoms with E-state index in [1.54, 1.807) is 6.07 Å². The molecule has 0 atom stereocenters. The zero-order valence-corrected chi connectivity index (χ0v) is 15.8. The van der Waals surface area contributed by atoms with E-state index >= 15 is 0 Å². The Labute approximate surface area is 168 Å². The molecule has 0 radical (unpaired) electrons. The lowest BCUT2D eigenvalue weighted by Gasteiger charge is -2.10. The average Bonchev–Trinajstić information content (AvgIpc) is 2.72. The van der Waals surface area contributed by atoms with Gasteiger partial charge in [-0.3, -0.25) is 4.79 Å². The van der Waals surface area contributed by atoms with Crippen LogP contribution in [0.4, 0.5) is 8.78 Å². The quantitative estimate of drug-likeness (QED) is 0.199. The minimum absolute atomic E-state index is 0.0266. The Morgan fingerprint density at radius 1 is 1.03 bits per heavy atom. The molecule has 0 aliphatic carbocycles. The molecule has 0 saturated heterocycles. The Morgan fingerprint density at radius 2 is 1.86 bits per heavy atom. The first-order valence-electron chi connectivity index (χ1n) is 8.69. The molecular weight excluding hydrogens is 398 g/mol. The molecule has 4 aromatic rings. The lowest BCUT2D eigenvalue weighted by molar-refractivity contribution is -0.141. The molecule has 0 bridgehead atoms. The van der Waals surface area contributed by atoms with Crippen LogP contribution in [0, 0.1) is 11.6 Å². The molecule has 0 aliphatic heterocycles. The van der Waals surface area contributed by atoms with E-state index in [-0.39, 0.29) is 17.3 Å². The van der Waals surface area contributed by atoms with Gasteiger partial charge in [-0.2, -0.15) is 0 Å². The van der Waals surface area contributed by atoms with Crippen LogP contribution in [0.5, 0.6) is 0 Å². The third kappa shape index (κ3) is 4.14. The molecule has 0 saturated carbocycles. The van der Waals surface area contributed by atoms with E-state index in [2.05, 4.69) is 0 Å². The smallest absolute Gasteiger partial charge is 0.336 e. The first-order valence-corrected chi connectivity index (χ1v) is 9.68. The average molecular weight is 412 g/mol. The van der Waals surface area contributed by atoms with Crippen molar-refractivity contribution in [3.05, 3.63) is 88.3 Å². The van der Waals surface area contributed by atoms with E-state index in [1.807, 2.05) is 30.3 Å². The fraction of sp³-hybridized carbons (Fsp3) is 0.0909. The number of esters is 1. The van der Waals surface area contributed by atoms with Crippen molar-refractivity contribution in [3.8, 4) is 0 Å². The summed E-state index contributed by atoms with van der Waals surface area (Å²) in [5.74, 6) is -2.00. The van der Waals surface area contributed by atoms with E-state index in [1.165, 1.54) is 6.07 Å². The molecule has 0 aliphatic rings. The minimum atomic E-state index is -0.611. The van der Waals surface area contributed by atoms with Crippen molar-refractivity contribution in [2.45, 2.75) is 11.5 Å². The third-order valence-electron chi connectivity index (χ3n) is 4.34. The second-order valence-electron chi connectivity index (χ2n) is 6.27. The van der Waals surface area contributed by atoms with Crippen molar-refractivity contribution in [2.24, 2.45) is 0 Å². The number of carbonyl (C=O) groups excluding carboxylic acids is 1. The molecule has 0 unspecified atom stereocenters. The van der Waals surface area contributed by atoms with Crippen molar-refractivity contribution in [1.29, 1.82) is 0 Å². The maximum Gasteiger partial charge on any atom is 0.336 e. The van der Waals surface area contributed by atoms with Crippen LogP contribution < -0.4 is 5.63 Å². The van der Waals surface area contributed by atoms with Gasteiger partial charge in [-0.25, -0.2) is 13.6 Å². The molecule has 1 heterocycles. The molecule has 29 heavy (non-hydrogen) atoms. The van der Waals surface area contributed by atoms with Gasteiger partial charge in [0, 0.05) is 21.9 Å². The maximum absolute atomic E-state index is 13.7. The topological polar surface area (TPSA) is 56.5 Å². The van der Waals surface area contributed by atoms with Crippen molar-refractivity contribution in [3.63, 3.8) is 0 Å². The summed E-state index contributed by atoms with van der Waals surface area (Å²) < 4.78 is 37.4. The van der Waals surface area contributed by atoms with Crippen LogP contribution in [-0.4, -0.2) is 11.7 Å². The highest BCUT2D eigenvalue weighted by Gasteiger charge is 2.13. The molecule has 1 aromatic heterocycles. The van der Waals surface area contributed by atoms with Crippen LogP contribution in [-0.2, 0) is 16.1 Å². The molecule has 7 heteroatoms. The Morgan fingerprint density at radius 3 is 2.72 bits per heavy atom. The lowest BCUT2D eigenvalue weighted by atomic mass is 10.0. The molecule has 3 aromatic carbocycles. The van der Waals surface area contributed by atoms with Crippen LogP contribution in [0.3, 0.4) is 0 Å². The predicted octanol–water partition coefficient (Wildman–Crippen LogP) is 5.06. The van der Waals surface area contributed by atoms with Crippen LogP contribution in [0.2, 0.25) is 0 Å². The van der Waals surface area contributed by atoms with Crippen LogP contribution >= 0.6 is 11.8 Å². The minimum Gasteiger partial charge on any atom is -0.460 e. The normalized spacial score (nSPS) is 11.1. The van der Waals surface area contributed by atoms with Crippen molar-refractivity contribution in [1.82, 2.24) is 0 Å². The largest absolute Gasteiger partial charge is 0.460 e. The zero-order valence-electron chi connectivity index (χ0n) is 15.0. The van der Waals surface area contributed by atoms with Gasteiger partial charge in [0.25, 0.3) is 0 Å². The highest BCUT2D eigenvalue weighted by Crippen LogP contribution is 2.28. The fourth-order valence-corrected chi connectivity index (χ4v) is 3.82. The van der Waals surface area contributed by atoms with E-state index in [9.17, 15) is 18.4 Å². The number of benzene rings is 3. The number of carbonyl (C=O) groups is 1. The molecule has 4 nitrogen and oxygen atoms in total. The van der Waals surface area contributed by atoms with Crippen LogP contribution in [0.15, 0.2) is 74.8 Å². The van der Waals surface area contributed by atoms with E-state index in [0.717, 1.165) is 40.7 Å². The molecule has 0 amide bonds. The van der Waals surface area contributed by atoms with Crippen molar-refractivity contribution >= 4 is 39.5 Å². The Hall–Kier alpha value is -3.19. The predicted molar refractivity (Wildman–Crippen MR) is 107 cm³/mol. The van der Waals surface area contributed by atoms with Gasteiger partial charge in [0.1, 0.15) is 23.8 Å². The van der Waals surface area contributed by atoms with Gasteiger partial charge < -0.3 is 9.15 Å². The van der Waals surface area contributed by atoms with Gasteiger partial charge in [0.15, 0.2) is 0 Å².